The molecule has 5 nitrogen and oxygen atoms in total. The topological polar surface area (TPSA) is 65.3 Å². The molecule has 0 saturated carbocycles. The van der Waals surface area contributed by atoms with E-state index in [4.69, 9.17) is 9.94 Å². The lowest BCUT2D eigenvalue weighted by atomic mass is 9.99. The Bertz CT molecular complexity index is 851. The summed E-state index contributed by atoms with van der Waals surface area (Å²) in [5, 5.41) is 26.4. The molecule has 1 atom stereocenters. The minimum atomic E-state index is 0.452. The lowest BCUT2D eigenvalue weighted by molar-refractivity contribution is 0.262. The Labute approximate surface area is 146 Å². The molecule has 0 radical (unpaired) electrons. The first-order chi connectivity index (χ1) is 12.2. The molecule has 0 aliphatic carbocycles. The average Bonchev–Trinajstić information content (AvgIpc) is 2.64. The van der Waals surface area contributed by atoms with Gasteiger partial charge in [0.1, 0.15) is 5.75 Å². The van der Waals surface area contributed by atoms with E-state index in [2.05, 4.69) is 19.0 Å². The van der Waals surface area contributed by atoms with Gasteiger partial charge in [-0.25, -0.2) is 5.06 Å². The van der Waals surface area contributed by atoms with Gasteiger partial charge in [-0.05, 0) is 5.92 Å². The van der Waals surface area contributed by atoms with E-state index in [-0.39, 0.29) is 0 Å². The summed E-state index contributed by atoms with van der Waals surface area (Å²) in [7, 11) is 0. The van der Waals surface area contributed by atoms with Crippen molar-refractivity contribution in [1.82, 2.24) is 0 Å². The fourth-order valence-corrected chi connectivity index (χ4v) is 2.92. The molecule has 0 amide bonds. The average molecular weight is 338 g/mol. The van der Waals surface area contributed by atoms with Crippen molar-refractivity contribution in [2.75, 3.05) is 11.7 Å². The highest BCUT2D eigenvalue weighted by Gasteiger charge is 2.18. The summed E-state index contributed by atoms with van der Waals surface area (Å²) in [6.45, 7) is 4.93. The maximum Gasteiger partial charge on any atom is 0.160 e. The van der Waals surface area contributed by atoms with Gasteiger partial charge in [0.05, 0.1) is 12.3 Å². The van der Waals surface area contributed by atoms with Gasteiger partial charge in [0.25, 0.3) is 0 Å². The Balaban J connectivity index is 2.30. The summed E-state index contributed by atoms with van der Waals surface area (Å²) < 4.78 is 6.20. The predicted octanol–water partition coefficient (Wildman–Crippen LogP) is 5.03. The molecule has 0 aliphatic rings. The maximum atomic E-state index is 10.3. The Hall–Kier alpha value is -2.79. The van der Waals surface area contributed by atoms with Gasteiger partial charge in [0.2, 0.25) is 0 Å². The minimum Gasteiger partial charge on any atom is -0.492 e. The smallest absolute Gasteiger partial charge is 0.160 e. The molecule has 0 aliphatic heterocycles. The molecule has 3 aromatic carbocycles. The van der Waals surface area contributed by atoms with Gasteiger partial charge in [-0.3, -0.25) is 5.21 Å². The number of hydrogen-bond acceptors (Lipinski definition) is 4. The second-order valence-electron chi connectivity index (χ2n) is 6.17. The molecular formula is C20H22N2O3. The standard InChI is InChI=1S/C20H22N2O3/c1-3-14(2)12-25-20-17-10-6-4-8-15(17)19(22(24)13-21-23)16-9-5-7-11-18(16)20/h4-11,13-14,23-24H,3,12H2,1-2H3. The van der Waals surface area contributed by atoms with E-state index in [1.54, 1.807) is 0 Å². The molecule has 2 N–H and O–H groups in total. The van der Waals surface area contributed by atoms with Crippen molar-refractivity contribution in [1.29, 1.82) is 0 Å². The summed E-state index contributed by atoms with van der Waals surface area (Å²) in [6.07, 6.45) is 2.01. The van der Waals surface area contributed by atoms with Crippen LogP contribution in [0.5, 0.6) is 5.75 Å². The molecule has 0 bridgehead atoms. The van der Waals surface area contributed by atoms with Crippen molar-refractivity contribution in [2.45, 2.75) is 20.3 Å². The van der Waals surface area contributed by atoms with Crippen LogP contribution >= 0.6 is 0 Å². The molecule has 0 aromatic heterocycles. The van der Waals surface area contributed by atoms with Gasteiger partial charge in [-0.1, -0.05) is 74.0 Å². The second-order valence-corrected chi connectivity index (χ2v) is 6.17. The van der Waals surface area contributed by atoms with Gasteiger partial charge in [0, 0.05) is 21.5 Å². The van der Waals surface area contributed by atoms with Gasteiger partial charge < -0.3 is 9.94 Å². The molecule has 25 heavy (non-hydrogen) atoms. The van der Waals surface area contributed by atoms with E-state index in [9.17, 15) is 5.21 Å². The molecule has 3 aromatic rings. The van der Waals surface area contributed by atoms with Crippen molar-refractivity contribution in [3.63, 3.8) is 0 Å². The fourth-order valence-electron chi connectivity index (χ4n) is 2.92. The number of benzene rings is 3. The van der Waals surface area contributed by atoms with Crippen molar-refractivity contribution in [2.24, 2.45) is 11.1 Å². The van der Waals surface area contributed by atoms with Crippen molar-refractivity contribution < 1.29 is 15.2 Å². The van der Waals surface area contributed by atoms with Crippen molar-refractivity contribution in [3.8, 4) is 5.75 Å². The molecule has 0 fully saturated rings. The highest BCUT2D eigenvalue weighted by Crippen LogP contribution is 2.42. The number of rotatable bonds is 6. The first-order valence-electron chi connectivity index (χ1n) is 8.39. The third-order valence-electron chi connectivity index (χ3n) is 4.45. The van der Waals surface area contributed by atoms with E-state index in [0.29, 0.717) is 18.2 Å². The third kappa shape index (κ3) is 3.23. The Kier molecular flexibility index (Phi) is 5.05. The van der Waals surface area contributed by atoms with Gasteiger partial charge in [0.15, 0.2) is 6.34 Å². The first-order valence-corrected chi connectivity index (χ1v) is 8.39. The van der Waals surface area contributed by atoms with Crippen molar-refractivity contribution in [3.05, 3.63) is 48.5 Å². The quantitative estimate of drug-likeness (QED) is 0.217. The van der Waals surface area contributed by atoms with Crippen LogP contribution in [0.25, 0.3) is 21.5 Å². The van der Waals surface area contributed by atoms with E-state index >= 15 is 0 Å². The highest BCUT2D eigenvalue weighted by molar-refractivity contribution is 6.17. The number of anilines is 1. The molecule has 1 unspecified atom stereocenters. The Morgan fingerprint density at radius 1 is 1.04 bits per heavy atom. The molecule has 0 heterocycles. The summed E-state index contributed by atoms with van der Waals surface area (Å²) >= 11 is 0. The monoisotopic (exact) mass is 338 g/mol. The maximum absolute atomic E-state index is 10.3. The van der Waals surface area contributed by atoms with Gasteiger partial charge >= 0.3 is 0 Å². The Morgan fingerprint density at radius 2 is 1.56 bits per heavy atom. The lowest BCUT2D eigenvalue weighted by Gasteiger charge is -2.21. The van der Waals surface area contributed by atoms with E-state index < -0.39 is 0 Å². The zero-order chi connectivity index (χ0) is 17.8. The number of fused-ring (bicyclic) bond motifs is 2. The van der Waals surface area contributed by atoms with Crippen LogP contribution in [0.15, 0.2) is 53.7 Å². The molecular weight excluding hydrogens is 316 g/mol. The summed E-state index contributed by atoms with van der Waals surface area (Å²) in [6, 6.07) is 15.5. The van der Waals surface area contributed by atoms with Crippen LogP contribution < -0.4 is 9.80 Å². The normalized spacial score (nSPS) is 12.8. The predicted molar refractivity (Wildman–Crippen MR) is 101 cm³/mol. The molecule has 130 valence electrons. The van der Waals surface area contributed by atoms with Crippen LogP contribution in [0.4, 0.5) is 5.69 Å². The van der Waals surface area contributed by atoms with Crippen LogP contribution in [0.3, 0.4) is 0 Å². The number of nitrogens with zero attached hydrogens (tertiary/aromatic N) is 2. The molecule has 0 saturated heterocycles. The highest BCUT2D eigenvalue weighted by atomic mass is 16.5. The van der Waals surface area contributed by atoms with Crippen molar-refractivity contribution >= 4 is 33.6 Å². The summed E-state index contributed by atoms with van der Waals surface area (Å²) in [5.41, 5.74) is 0.555. The molecule has 5 heteroatoms. The zero-order valence-corrected chi connectivity index (χ0v) is 14.4. The zero-order valence-electron chi connectivity index (χ0n) is 14.4. The third-order valence-corrected chi connectivity index (χ3v) is 4.45. The first kappa shape index (κ1) is 17.0. The van der Waals surface area contributed by atoms with Crippen LogP contribution in [-0.2, 0) is 0 Å². The van der Waals surface area contributed by atoms with Crippen LogP contribution in [-0.4, -0.2) is 23.4 Å². The molecule has 0 spiro atoms. The number of oxime groups is 1. The van der Waals surface area contributed by atoms with Crippen LogP contribution in [0.1, 0.15) is 20.3 Å². The second kappa shape index (κ2) is 7.40. The number of hydroxylamine groups is 1. The van der Waals surface area contributed by atoms with Crippen LogP contribution in [0, 0.1) is 5.92 Å². The largest absolute Gasteiger partial charge is 0.492 e. The van der Waals surface area contributed by atoms with Gasteiger partial charge in [-0.15, -0.1) is 0 Å². The summed E-state index contributed by atoms with van der Waals surface area (Å²) in [5.74, 6) is 1.26. The van der Waals surface area contributed by atoms with Crippen LogP contribution in [0.2, 0.25) is 0 Å². The lowest BCUT2D eigenvalue weighted by Crippen LogP contribution is -2.16. The summed E-state index contributed by atoms with van der Waals surface area (Å²) in [4.78, 5) is 0. The molecule has 3 rings (SSSR count). The Morgan fingerprint density at radius 3 is 2.04 bits per heavy atom. The van der Waals surface area contributed by atoms with E-state index in [0.717, 1.165) is 45.1 Å². The van der Waals surface area contributed by atoms with E-state index in [1.807, 2.05) is 48.5 Å². The SMILES string of the molecule is CCC(C)COc1c2ccccc2c(N(O)C=NO)c2ccccc12. The number of hydrogen-bond donors (Lipinski definition) is 2. The fraction of sp³-hybridized carbons (Fsp3) is 0.250. The van der Waals surface area contributed by atoms with Gasteiger partial charge in [-0.2, -0.15) is 0 Å². The number of ether oxygens (including phenoxy) is 1. The van der Waals surface area contributed by atoms with E-state index in [1.165, 1.54) is 0 Å². The minimum absolute atomic E-state index is 0.452.